The van der Waals surface area contributed by atoms with Gasteiger partial charge in [0, 0.05) is 17.5 Å². The highest BCUT2D eigenvalue weighted by Gasteiger charge is 2.06. The number of nitrogens with zero attached hydrogens (tertiary/aromatic N) is 2. The van der Waals surface area contributed by atoms with E-state index in [0.29, 0.717) is 6.61 Å². The quantitative estimate of drug-likeness (QED) is 0.648. The third-order valence-electron chi connectivity index (χ3n) is 1.65. The van der Waals surface area contributed by atoms with Gasteiger partial charge in [-0.25, -0.2) is 9.97 Å². The van der Waals surface area contributed by atoms with Crippen molar-refractivity contribution in [1.82, 2.24) is 9.97 Å². The normalized spacial score (nSPS) is 9.69. The summed E-state index contributed by atoms with van der Waals surface area (Å²) >= 11 is 0. The maximum atomic E-state index is 11.1. The molecular formula is C9H12N2O2. The molecule has 0 bridgehead atoms. The molecule has 0 aliphatic rings. The van der Waals surface area contributed by atoms with Crippen molar-refractivity contribution in [1.29, 1.82) is 0 Å². The molecule has 4 nitrogen and oxygen atoms in total. The van der Waals surface area contributed by atoms with Gasteiger partial charge in [-0.1, -0.05) is 0 Å². The van der Waals surface area contributed by atoms with E-state index >= 15 is 0 Å². The molecule has 1 aromatic heterocycles. The van der Waals surface area contributed by atoms with Crippen molar-refractivity contribution < 1.29 is 9.53 Å². The summed E-state index contributed by atoms with van der Waals surface area (Å²) in [4.78, 5) is 18.9. The standard InChI is InChI=1S/C9H12N2O2/c1-3-13-9(12)4-8-5-10-6-11-7(8)2/h5-6H,3-4H2,1-2H3. The van der Waals surface area contributed by atoms with Gasteiger partial charge in [0.1, 0.15) is 6.33 Å². The number of aryl methyl sites for hydroxylation is 1. The van der Waals surface area contributed by atoms with Gasteiger partial charge in [-0.05, 0) is 13.8 Å². The Morgan fingerprint density at radius 2 is 2.38 bits per heavy atom. The number of hydrogen-bond donors (Lipinski definition) is 0. The number of hydrogen-bond acceptors (Lipinski definition) is 4. The van der Waals surface area contributed by atoms with Gasteiger partial charge in [-0.2, -0.15) is 0 Å². The molecule has 0 radical (unpaired) electrons. The SMILES string of the molecule is CCOC(=O)Cc1cncnc1C. The molecule has 0 aliphatic carbocycles. The third-order valence-corrected chi connectivity index (χ3v) is 1.65. The van der Waals surface area contributed by atoms with Crippen LogP contribution >= 0.6 is 0 Å². The molecular weight excluding hydrogens is 168 g/mol. The van der Waals surface area contributed by atoms with Crippen LogP contribution in [0.4, 0.5) is 0 Å². The molecule has 0 saturated heterocycles. The zero-order valence-corrected chi connectivity index (χ0v) is 7.78. The lowest BCUT2D eigenvalue weighted by Crippen LogP contribution is -2.09. The number of ether oxygens (including phenoxy) is 1. The summed E-state index contributed by atoms with van der Waals surface area (Å²) in [6.45, 7) is 4.04. The molecule has 0 saturated carbocycles. The number of carbonyl (C=O) groups is 1. The minimum absolute atomic E-state index is 0.236. The molecule has 0 N–H and O–H groups in total. The molecule has 0 aromatic carbocycles. The Bertz CT molecular complexity index is 299. The van der Waals surface area contributed by atoms with E-state index < -0.39 is 0 Å². The number of rotatable bonds is 3. The predicted molar refractivity (Wildman–Crippen MR) is 47.1 cm³/mol. The Balaban J connectivity index is 2.63. The van der Waals surface area contributed by atoms with E-state index in [2.05, 4.69) is 9.97 Å². The van der Waals surface area contributed by atoms with Crippen LogP contribution in [0.3, 0.4) is 0 Å². The fourth-order valence-corrected chi connectivity index (χ4v) is 0.961. The maximum Gasteiger partial charge on any atom is 0.310 e. The van der Waals surface area contributed by atoms with Crippen molar-refractivity contribution in [2.45, 2.75) is 20.3 Å². The second-order valence-electron chi connectivity index (χ2n) is 2.62. The van der Waals surface area contributed by atoms with Crippen molar-refractivity contribution in [2.75, 3.05) is 6.61 Å². The topological polar surface area (TPSA) is 52.1 Å². The van der Waals surface area contributed by atoms with E-state index in [4.69, 9.17) is 4.74 Å². The molecule has 0 unspecified atom stereocenters. The van der Waals surface area contributed by atoms with Gasteiger partial charge in [0.25, 0.3) is 0 Å². The molecule has 70 valence electrons. The fraction of sp³-hybridized carbons (Fsp3) is 0.444. The lowest BCUT2D eigenvalue weighted by atomic mass is 10.2. The molecule has 0 amide bonds. The van der Waals surface area contributed by atoms with Crippen LogP contribution in [0.5, 0.6) is 0 Å². The monoisotopic (exact) mass is 180 g/mol. The van der Waals surface area contributed by atoms with Gasteiger partial charge >= 0.3 is 5.97 Å². The van der Waals surface area contributed by atoms with Crippen molar-refractivity contribution in [3.8, 4) is 0 Å². The van der Waals surface area contributed by atoms with Gasteiger partial charge in [-0.15, -0.1) is 0 Å². The minimum atomic E-state index is -0.236. The molecule has 1 aromatic rings. The predicted octanol–water partition coefficient (Wildman–Crippen LogP) is 0.891. The first-order valence-corrected chi connectivity index (χ1v) is 4.15. The second-order valence-corrected chi connectivity index (χ2v) is 2.62. The summed E-state index contributed by atoms with van der Waals surface area (Å²) in [5, 5.41) is 0. The van der Waals surface area contributed by atoms with Crippen LogP contribution in [-0.4, -0.2) is 22.5 Å². The number of carbonyl (C=O) groups excluding carboxylic acids is 1. The van der Waals surface area contributed by atoms with Crippen LogP contribution in [0.15, 0.2) is 12.5 Å². The van der Waals surface area contributed by atoms with Gasteiger partial charge in [-0.3, -0.25) is 4.79 Å². The van der Waals surface area contributed by atoms with Crippen LogP contribution in [0.25, 0.3) is 0 Å². The van der Waals surface area contributed by atoms with Crippen LogP contribution < -0.4 is 0 Å². The first-order chi connectivity index (χ1) is 6.24. The van der Waals surface area contributed by atoms with E-state index in [1.807, 2.05) is 6.92 Å². The summed E-state index contributed by atoms with van der Waals surface area (Å²) < 4.78 is 4.81. The summed E-state index contributed by atoms with van der Waals surface area (Å²) in [5.41, 5.74) is 1.64. The van der Waals surface area contributed by atoms with Crippen molar-refractivity contribution in [3.05, 3.63) is 23.8 Å². The lowest BCUT2D eigenvalue weighted by molar-refractivity contribution is -0.142. The smallest absolute Gasteiger partial charge is 0.310 e. The highest BCUT2D eigenvalue weighted by atomic mass is 16.5. The van der Waals surface area contributed by atoms with E-state index in [9.17, 15) is 4.79 Å². The van der Waals surface area contributed by atoms with Crippen LogP contribution in [0, 0.1) is 6.92 Å². The molecule has 13 heavy (non-hydrogen) atoms. The van der Waals surface area contributed by atoms with Crippen molar-refractivity contribution in [2.24, 2.45) is 0 Å². The molecule has 0 atom stereocenters. The molecule has 4 heteroatoms. The highest BCUT2D eigenvalue weighted by Crippen LogP contribution is 2.03. The largest absolute Gasteiger partial charge is 0.466 e. The fourth-order valence-electron chi connectivity index (χ4n) is 0.961. The zero-order chi connectivity index (χ0) is 9.68. The number of aromatic nitrogens is 2. The van der Waals surface area contributed by atoms with Crippen LogP contribution in [0.1, 0.15) is 18.2 Å². The Morgan fingerprint density at radius 3 is 3.00 bits per heavy atom. The van der Waals surface area contributed by atoms with Gasteiger partial charge in [0.15, 0.2) is 0 Å². The minimum Gasteiger partial charge on any atom is -0.466 e. The second kappa shape index (κ2) is 4.54. The van der Waals surface area contributed by atoms with Crippen LogP contribution in [-0.2, 0) is 16.0 Å². The average Bonchev–Trinajstić information content (AvgIpc) is 2.09. The van der Waals surface area contributed by atoms with Crippen molar-refractivity contribution >= 4 is 5.97 Å². The number of esters is 1. The summed E-state index contributed by atoms with van der Waals surface area (Å²) in [6, 6.07) is 0. The van der Waals surface area contributed by atoms with Gasteiger partial charge in [0.2, 0.25) is 0 Å². The van der Waals surface area contributed by atoms with E-state index in [1.54, 1.807) is 13.1 Å². The summed E-state index contributed by atoms with van der Waals surface area (Å²) in [7, 11) is 0. The Morgan fingerprint density at radius 1 is 1.62 bits per heavy atom. The molecule has 0 aliphatic heterocycles. The first-order valence-electron chi connectivity index (χ1n) is 4.15. The molecule has 1 rings (SSSR count). The zero-order valence-electron chi connectivity index (χ0n) is 7.78. The molecule has 0 fully saturated rings. The van der Waals surface area contributed by atoms with Crippen molar-refractivity contribution in [3.63, 3.8) is 0 Å². The van der Waals surface area contributed by atoms with Gasteiger partial charge in [0.05, 0.1) is 13.0 Å². The third kappa shape index (κ3) is 2.82. The Labute approximate surface area is 77.0 Å². The van der Waals surface area contributed by atoms with E-state index in [1.165, 1.54) is 6.33 Å². The molecule has 1 heterocycles. The van der Waals surface area contributed by atoms with Gasteiger partial charge < -0.3 is 4.74 Å². The first kappa shape index (κ1) is 9.64. The van der Waals surface area contributed by atoms with E-state index in [-0.39, 0.29) is 12.4 Å². The average molecular weight is 180 g/mol. The highest BCUT2D eigenvalue weighted by molar-refractivity contribution is 5.72. The summed E-state index contributed by atoms with van der Waals surface area (Å²) in [5.74, 6) is -0.236. The lowest BCUT2D eigenvalue weighted by Gasteiger charge is -2.02. The Hall–Kier alpha value is -1.45. The summed E-state index contributed by atoms with van der Waals surface area (Å²) in [6.07, 6.45) is 3.35. The molecule has 0 spiro atoms. The maximum absolute atomic E-state index is 11.1. The van der Waals surface area contributed by atoms with Crippen LogP contribution in [0.2, 0.25) is 0 Å². The Kier molecular flexibility index (Phi) is 3.37. The van der Waals surface area contributed by atoms with E-state index in [0.717, 1.165) is 11.3 Å².